The molecule has 1 amide bonds. The molecule has 0 radical (unpaired) electrons. The van der Waals surface area contributed by atoms with Crippen LogP contribution in [0.25, 0.3) is 11.3 Å². The number of pyridine rings is 1. The van der Waals surface area contributed by atoms with E-state index in [0.717, 1.165) is 0 Å². The first kappa shape index (κ1) is 19.0. The second-order valence-electron chi connectivity index (χ2n) is 7.68. The SMILES string of the molecule is CC(C)S(=O)(=O)N1C[C@@H]2[C@H](C1)[C@@H]2NC(=O)c1ccc(-c2cccc(F)c2)nc1. The van der Waals surface area contributed by atoms with Crippen LogP contribution in [0, 0.1) is 17.7 Å². The molecule has 8 heteroatoms. The van der Waals surface area contributed by atoms with Gasteiger partial charge in [0, 0.05) is 30.9 Å². The van der Waals surface area contributed by atoms with Gasteiger partial charge in [0.05, 0.1) is 16.5 Å². The molecule has 6 nitrogen and oxygen atoms in total. The molecule has 1 aliphatic carbocycles. The van der Waals surface area contributed by atoms with E-state index in [1.807, 2.05) is 0 Å². The van der Waals surface area contributed by atoms with E-state index in [0.29, 0.717) is 29.9 Å². The summed E-state index contributed by atoms with van der Waals surface area (Å²) in [5.41, 5.74) is 1.67. The standard InChI is InChI=1S/C20H22FN3O3S/c1-12(2)28(26,27)24-10-16-17(11-24)19(16)23-20(25)14-6-7-18(22-9-14)13-4-3-5-15(21)8-13/h3-9,12,16-17,19H,10-11H2,1-2H3,(H,23,25)/t16-,17+,19-. The number of amides is 1. The molecular weight excluding hydrogens is 381 g/mol. The number of hydrogen-bond donors (Lipinski definition) is 1. The van der Waals surface area contributed by atoms with Crippen LogP contribution in [0.5, 0.6) is 0 Å². The van der Waals surface area contributed by atoms with E-state index < -0.39 is 15.3 Å². The minimum absolute atomic E-state index is 0.00834. The van der Waals surface area contributed by atoms with Crippen molar-refractivity contribution >= 4 is 15.9 Å². The second kappa shape index (κ2) is 6.93. The smallest absolute Gasteiger partial charge is 0.253 e. The van der Waals surface area contributed by atoms with E-state index in [2.05, 4.69) is 10.3 Å². The third-order valence-corrected chi connectivity index (χ3v) is 7.77. The summed E-state index contributed by atoms with van der Waals surface area (Å²) >= 11 is 0. The first-order chi connectivity index (χ1) is 13.3. The number of fused-ring (bicyclic) bond motifs is 1. The quantitative estimate of drug-likeness (QED) is 0.831. The average molecular weight is 403 g/mol. The molecule has 2 aliphatic rings. The summed E-state index contributed by atoms with van der Waals surface area (Å²) in [4.78, 5) is 16.7. The first-order valence-electron chi connectivity index (χ1n) is 9.29. The Balaban J connectivity index is 1.36. The lowest BCUT2D eigenvalue weighted by atomic mass is 10.1. The fraction of sp³-hybridized carbons (Fsp3) is 0.400. The minimum Gasteiger partial charge on any atom is -0.349 e. The van der Waals surface area contributed by atoms with Gasteiger partial charge in [0.15, 0.2) is 0 Å². The number of rotatable bonds is 5. The number of sulfonamides is 1. The van der Waals surface area contributed by atoms with Gasteiger partial charge >= 0.3 is 0 Å². The Hall–Kier alpha value is -2.32. The normalized spacial score (nSPS) is 24.2. The van der Waals surface area contributed by atoms with Gasteiger partial charge in [-0.2, -0.15) is 0 Å². The van der Waals surface area contributed by atoms with Crippen molar-refractivity contribution in [2.45, 2.75) is 25.1 Å². The van der Waals surface area contributed by atoms with Gasteiger partial charge in [0.25, 0.3) is 5.91 Å². The topological polar surface area (TPSA) is 79.4 Å². The molecule has 1 aromatic carbocycles. The van der Waals surface area contributed by atoms with Gasteiger partial charge in [-0.3, -0.25) is 9.78 Å². The predicted molar refractivity (Wildman–Crippen MR) is 103 cm³/mol. The molecule has 148 valence electrons. The van der Waals surface area contributed by atoms with Crippen LogP contribution in [0.4, 0.5) is 4.39 Å². The zero-order valence-corrected chi connectivity index (χ0v) is 16.5. The number of halogens is 1. The summed E-state index contributed by atoms with van der Waals surface area (Å²) in [5, 5.41) is 2.55. The Labute approximate surface area is 163 Å². The first-order valence-corrected chi connectivity index (χ1v) is 10.8. The molecule has 1 saturated heterocycles. The van der Waals surface area contributed by atoms with Gasteiger partial charge < -0.3 is 5.32 Å². The number of hydrogen-bond acceptors (Lipinski definition) is 4. The van der Waals surface area contributed by atoms with Crippen molar-refractivity contribution in [2.24, 2.45) is 11.8 Å². The molecule has 0 bridgehead atoms. The monoisotopic (exact) mass is 403 g/mol. The maximum atomic E-state index is 13.3. The van der Waals surface area contributed by atoms with Gasteiger partial charge in [-0.25, -0.2) is 17.1 Å². The van der Waals surface area contributed by atoms with Crippen molar-refractivity contribution in [3.05, 3.63) is 54.0 Å². The lowest BCUT2D eigenvalue weighted by Crippen LogP contribution is -2.40. The number of piperidine rings is 1. The Morgan fingerprint density at radius 1 is 1.21 bits per heavy atom. The molecule has 0 unspecified atom stereocenters. The Morgan fingerprint density at radius 2 is 1.93 bits per heavy atom. The fourth-order valence-electron chi connectivity index (χ4n) is 3.79. The number of nitrogens with zero attached hydrogens (tertiary/aromatic N) is 2. The van der Waals surface area contributed by atoms with Crippen molar-refractivity contribution in [1.29, 1.82) is 0 Å². The van der Waals surface area contributed by atoms with Crippen LogP contribution in [0.3, 0.4) is 0 Å². The minimum atomic E-state index is -3.23. The lowest BCUT2D eigenvalue weighted by molar-refractivity contribution is 0.0945. The highest BCUT2D eigenvalue weighted by Gasteiger charge is 2.58. The summed E-state index contributed by atoms with van der Waals surface area (Å²) in [6.45, 7) is 4.29. The number of carbonyl (C=O) groups excluding carboxylic acids is 1. The van der Waals surface area contributed by atoms with Crippen LogP contribution in [-0.2, 0) is 10.0 Å². The Kier molecular flexibility index (Phi) is 4.71. The molecule has 1 aromatic heterocycles. The van der Waals surface area contributed by atoms with Crippen molar-refractivity contribution in [2.75, 3.05) is 13.1 Å². The molecular formula is C20H22FN3O3S. The van der Waals surface area contributed by atoms with Crippen LogP contribution >= 0.6 is 0 Å². The fourth-order valence-corrected chi connectivity index (χ4v) is 5.15. The van der Waals surface area contributed by atoms with E-state index in [4.69, 9.17) is 0 Å². The highest BCUT2D eigenvalue weighted by Crippen LogP contribution is 2.46. The van der Waals surface area contributed by atoms with E-state index in [1.54, 1.807) is 38.1 Å². The summed E-state index contributed by atoms with van der Waals surface area (Å²) in [5.74, 6) is -0.208. The third kappa shape index (κ3) is 3.42. The Bertz CT molecular complexity index is 996. The van der Waals surface area contributed by atoms with E-state index in [1.165, 1.54) is 22.6 Å². The Morgan fingerprint density at radius 3 is 2.50 bits per heavy atom. The van der Waals surface area contributed by atoms with Gasteiger partial charge in [-0.05, 0) is 49.9 Å². The van der Waals surface area contributed by atoms with Crippen molar-refractivity contribution in [1.82, 2.24) is 14.6 Å². The molecule has 2 fully saturated rings. The highest BCUT2D eigenvalue weighted by atomic mass is 32.2. The van der Waals surface area contributed by atoms with Crippen LogP contribution < -0.4 is 5.32 Å². The zero-order chi connectivity index (χ0) is 20.1. The molecule has 1 aliphatic heterocycles. The molecule has 1 saturated carbocycles. The third-order valence-electron chi connectivity index (χ3n) is 5.56. The van der Waals surface area contributed by atoms with Gasteiger partial charge in [0.1, 0.15) is 5.82 Å². The lowest BCUT2D eigenvalue weighted by Gasteiger charge is -2.22. The van der Waals surface area contributed by atoms with Crippen LogP contribution in [-0.4, -0.2) is 48.0 Å². The molecule has 3 atom stereocenters. The van der Waals surface area contributed by atoms with Gasteiger partial charge in [0.2, 0.25) is 10.0 Å². The van der Waals surface area contributed by atoms with Gasteiger partial charge in [-0.1, -0.05) is 12.1 Å². The molecule has 2 aromatic rings. The average Bonchev–Trinajstić information content (AvgIpc) is 3.10. The van der Waals surface area contributed by atoms with E-state index in [-0.39, 0.29) is 29.6 Å². The summed E-state index contributed by atoms with van der Waals surface area (Å²) < 4.78 is 39.3. The number of carbonyl (C=O) groups is 1. The maximum Gasteiger partial charge on any atom is 0.253 e. The second-order valence-corrected chi connectivity index (χ2v) is 10.2. The summed E-state index contributed by atoms with van der Waals surface area (Å²) in [6.07, 6.45) is 1.48. The van der Waals surface area contributed by atoms with Crippen LogP contribution in [0.2, 0.25) is 0 Å². The van der Waals surface area contributed by atoms with Crippen molar-refractivity contribution in [3.63, 3.8) is 0 Å². The maximum absolute atomic E-state index is 13.3. The summed E-state index contributed by atoms with van der Waals surface area (Å²) in [6, 6.07) is 9.49. The van der Waals surface area contributed by atoms with E-state index >= 15 is 0 Å². The number of benzene rings is 1. The number of aromatic nitrogens is 1. The van der Waals surface area contributed by atoms with Crippen molar-refractivity contribution in [3.8, 4) is 11.3 Å². The molecule has 4 rings (SSSR count). The zero-order valence-electron chi connectivity index (χ0n) is 15.7. The van der Waals surface area contributed by atoms with Crippen LogP contribution in [0.15, 0.2) is 42.6 Å². The van der Waals surface area contributed by atoms with Crippen LogP contribution in [0.1, 0.15) is 24.2 Å². The van der Waals surface area contributed by atoms with Gasteiger partial charge in [-0.15, -0.1) is 0 Å². The summed E-state index contributed by atoms with van der Waals surface area (Å²) in [7, 11) is -3.23. The van der Waals surface area contributed by atoms with E-state index in [9.17, 15) is 17.6 Å². The predicted octanol–water partition coefficient (Wildman–Crippen LogP) is 2.29. The largest absolute Gasteiger partial charge is 0.349 e. The molecule has 28 heavy (non-hydrogen) atoms. The molecule has 2 heterocycles. The molecule has 1 N–H and O–H groups in total. The number of nitrogens with one attached hydrogen (secondary N) is 1. The highest BCUT2D eigenvalue weighted by molar-refractivity contribution is 7.89. The van der Waals surface area contributed by atoms with Crippen molar-refractivity contribution < 1.29 is 17.6 Å². The molecule has 0 spiro atoms.